The number of anilines is 1. The Morgan fingerprint density at radius 2 is 2.06 bits per heavy atom. The first-order valence-electron chi connectivity index (χ1n) is 5.29. The quantitative estimate of drug-likeness (QED) is 0.784. The Hall–Kier alpha value is -1.51. The van der Waals surface area contributed by atoms with Crippen molar-refractivity contribution in [3.8, 4) is 0 Å². The fraction of sp³-hybridized carbons (Fsp3) is 0.556. The van der Waals surface area contributed by atoms with E-state index in [0.29, 0.717) is 7.62 Å². The van der Waals surface area contributed by atoms with Crippen LogP contribution in [0.1, 0.15) is 25.0 Å². The fourth-order valence-electron chi connectivity index (χ4n) is 1.63. The standard InChI is InChI=1S/C9H12BF3N3O2/c1-3-5-6(9(11,12)13)8(17)15-14-7(5)16(4-2)10-18/h18H,3-4H2,1-2H3,(H,15,17). The number of H-pyrrole nitrogens is 1. The van der Waals surface area contributed by atoms with E-state index < -0.39 is 17.3 Å². The molecule has 0 bridgehead atoms. The first-order valence-corrected chi connectivity index (χ1v) is 5.29. The molecule has 1 rings (SSSR count). The van der Waals surface area contributed by atoms with E-state index in [9.17, 15) is 18.0 Å². The molecule has 1 aromatic rings. The minimum absolute atomic E-state index is 0.0224. The summed E-state index contributed by atoms with van der Waals surface area (Å²) in [5, 5.41) is 14.3. The summed E-state index contributed by atoms with van der Waals surface area (Å²) in [5.74, 6) is -0.102. The van der Waals surface area contributed by atoms with Gasteiger partial charge in [0.05, 0.1) is 0 Å². The van der Waals surface area contributed by atoms with Crippen molar-refractivity contribution in [1.82, 2.24) is 10.2 Å². The maximum absolute atomic E-state index is 12.8. The van der Waals surface area contributed by atoms with Crippen LogP contribution in [0.25, 0.3) is 0 Å². The number of hydrogen-bond acceptors (Lipinski definition) is 4. The monoisotopic (exact) mass is 262 g/mol. The molecular weight excluding hydrogens is 250 g/mol. The van der Waals surface area contributed by atoms with Gasteiger partial charge >= 0.3 is 13.8 Å². The van der Waals surface area contributed by atoms with Crippen LogP contribution in [0.4, 0.5) is 19.0 Å². The van der Waals surface area contributed by atoms with E-state index in [1.165, 1.54) is 6.92 Å². The highest BCUT2D eigenvalue weighted by Crippen LogP contribution is 2.32. The zero-order valence-electron chi connectivity index (χ0n) is 9.88. The van der Waals surface area contributed by atoms with Crippen molar-refractivity contribution >= 4 is 13.4 Å². The molecule has 2 N–H and O–H groups in total. The number of nitrogens with one attached hydrogen (secondary N) is 1. The van der Waals surface area contributed by atoms with Crippen LogP contribution in [0, 0.1) is 0 Å². The van der Waals surface area contributed by atoms with E-state index in [0.717, 1.165) is 4.81 Å². The number of halogens is 3. The molecular formula is C9H12BF3N3O2. The molecule has 0 spiro atoms. The highest BCUT2D eigenvalue weighted by molar-refractivity contribution is 6.32. The molecule has 9 heteroatoms. The normalized spacial score (nSPS) is 11.4. The van der Waals surface area contributed by atoms with Gasteiger partial charge in [-0.25, -0.2) is 5.10 Å². The maximum atomic E-state index is 12.8. The van der Waals surface area contributed by atoms with E-state index in [1.54, 1.807) is 12.0 Å². The maximum Gasteiger partial charge on any atom is 0.437 e. The Balaban J connectivity index is 3.53. The minimum atomic E-state index is -4.76. The van der Waals surface area contributed by atoms with Crippen molar-refractivity contribution in [2.45, 2.75) is 26.4 Å². The van der Waals surface area contributed by atoms with Crippen molar-refractivity contribution in [3.63, 3.8) is 0 Å². The Labute approximate surface area is 102 Å². The van der Waals surface area contributed by atoms with Crippen molar-refractivity contribution in [2.24, 2.45) is 0 Å². The molecule has 0 unspecified atom stereocenters. The van der Waals surface area contributed by atoms with E-state index in [-0.39, 0.29) is 24.3 Å². The van der Waals surface area contributed by atoms with Crippen LogP contribution in [0.2, 0.25) is 0 Å². The molecule has 0 amide bonds. The third kappa shape index (κ3) is 2.66. The number of alkyl halides is 3. The van der Waals surface area contributed by atoms with E-state index in [1.807, 2.05) is 0 Å². The van der Waals surface area contributed by atoms with Gasteiger partial charge in [-0.2, -0.15) is 18.3 Å². The van der Waals surface area contributed by atoms with Gasteiger partial charge in [0.2, 0.25) is 0 Å². The summed E-state index contributed by atoms with van der Waals surface area (Å²) in [7, 11) is 0.625. The van der Waals surface area contributed by atoms with Crippen molar-refractivity contribution in [2.75, 3.05) is 11.4 Å². The lowest BCUT2D eigenvalue weighted by Gasteiger charge is -2.22. The van der Waals surface area contributed by atoms with Crippen LogP contribution < -0.4 is 10.4 Å². The SMILES string of the molecule is CCc1c(N([B]O)CC)n[nH]c(=O)c1C(F)(F)F. The Kier molecular flexibility index (Phi) is 4.39. The number of aromatic nitrogens is 2. The molecule has 0 atom stereocenters. The summed E-state index contributed by atoms with van der Waals surface area (Å²) in [4.78, 5) is 12.4. The van der Waals surface area contributed by atoms with Crippen molar-refractivity contribution < 1.29 is 18.2 Å². The Morgan fingerprint density at radius 3 is 2.44 bits per heavy atom. The highest BCUT2D eigenvalue weighted by Gasteiger charge is 2.38. The summed E-state index contributed by atoms with van der Waals surface area (Å²) in [6.45, 7) is 3.34. The molecule has 1 aromatic heterocycles. The molecule has 99 valence electrons. The number of hydrogen-bond donors (Lipinski definition) is 2. The zero-order valence-corrected chi connectivity index (χ0v) is 9.88. The fourth-order valence-corrected chi connectivity index (χ4v) is 1.63. The van der Waals surface area contributed by atoms with Gasteiger partial charge in [0, 0.05) is 12.1 Å². The molecule has 0 aromatic carbocycles. The minimum Gasteiger partial charge on any atom is -0.435 e. The first-order chi connectivity index (χ1) is 8.36. The molecule has 0 saturated carbocycles. The largest absolute Gasteiger partial charge is 0.437 e. The number of rotatable bonds is 4. The van der Waals surface area contributed by atoms with Crippen LogP contribution in [-0.2, 0) is 12.6 Å². The van der Waals surface area contributed by atoms with E-state index in [2.05, 4.69) is 5.10 Å². The number of aromatic amines is 1. The molecule has 1 heterocycles. The van der Waals surface area contributed by atoms with Crippen LogP contribution in [0.3, 0.4) is 0 Å². The lowest BCUT2D eigenvalue weighted by atomic mass is 10.0. The summed E-state index contributed by atoms with van der Waals surface area (Å²) in [6.07, 6.45) is -4.78. The average molecular weight is 262 g/mol. The smallest absolute Gasteiger partial charge is 0.435 e. The van der Waals surface area contributed by atoms with Gasteiger partial charge in [-0.15, -0.1) is 0 Å². The second-order valence-electron chi connectivity index (χ2n) is 3.48. The van der Waals surface area contributed by atoms with Gasteiger partial charge in [-0.1, -0.05) is 6.92 Å². The number of nitrogens with zero attached hydrogens (tertiary/aromatic N) is 2. The Morgan fingerprint density at radius 1 is 1.44 bits per heavy atom. The molecule has 18 heavy (non-hydrogen) atoms. The third-order valence-corrected chi connectivity index (χ3v) is 2.45. The Bertz CT molecular complexity index is 471. The lowest BCUT2D eigenvalue weighted by Crippen LogP contribution is -2.33. The van der Waals surface area contributed by atoms with Gasteiger partial charge in [-0.3, -0.25) is 4.79 Å². The summed E-state index contributed by atoms with van der Waals surface area (Å²) in [6, 6.07) is 0. The molecule has 5 nitrogen and oxygen atoms in total. The van der Waals surface area contributed by atoms with Crippen molar-refractivity contribution in [1.29, 1.82) is 0 Å². The van der Waals surface area contributed by atoms with Crippen LogP contribution in [-0.4, -0.2) is 29.4 Å². The summed E-state index contributed by atoms with van der Waals surface area (Å²) in [5.41, 5.74) is -2.79. The van der Waals surface area contributed by atoms with Crippen LogP contribution in [0.5, 0.6) is 0 Å². The van der Waals surface area contributed by atoms with E-state index >= 15 is 0 Å². The first kappa shape index (κ1) is 14.6. The molecule has 0 aliphatic heterocycles. The van der Waals surface area contributed by atoms with Gasteiger partial charge in [0.1, 0.15) is 11.4 Å². The predicted molar refractivity (Wildman–Crippen MR) is 60.2 cm³/mol. The summed E-state index contributed by atoms with van der Waals surface area (Å²) >= 11 is 0. The van der Waals surface area contributed by atoms with Crippen LogP contribution >= 0.6 is 0 Å². The van der Waals surface area contributed by atoms with Crippen LogP contribution in [0.15, 0.2) is 4.79 Å². The molecule has 1 radical (unpaired) electrons. The van der Waals surface area contributed by atoms with Gasteiger partial charge < -0.3 is 9.83 Å². The molecule has 0 aliphatic carbocycles. The molecule has 0 aliphatic rings. The topological polar surface area (TPSA) is 69.2 Å². The molecule has 0 saturated heterocycles. The second kappa shape index (κ2) is 5.43. The van der Waals surface area contributed by atoms with Gasteiger partial charge in [0.25, 0.3) is 5.56 Å². The third-order valence-electron chi connectivity index (χ3n) is 2.45. The second-order valence-corrected chi connectivity index (χ2v) is 3.48. The van der Waals surface area contributed by atoms with Gasteiger partial charge in [0.15, 0.2) is 0 Å². The van der Waals surface area contributed by atoms with Crippen molar-refractivity contribution in [3.05, 3.63) is 21.5 Å². The summed E-state index contributed by atoms with van der Waals surface area (Å²) < 4.78 is 38.4. The predicted octanol–water partition coefficient (Wildman–Crippen LogP) is 0.704. The average Bonchev–Trinajstić information content (AvgIpc) is 2.30. The zero-order chi connectivity index (χ0) is 13.9. The lowest BCUT2D eigenvalue weighted by molar-refractivity contribution is -0.139. The van der Waals surface area contributed by atoms with Gasteiger partial charge in [-0.05, 0) is 13.3 Å². The van der Waals surface area contributed by atoms with E-state index in [4.69, 9.17) is 5.02 Å². The molecule has 0 fully saturated rings. The highest BCUT2D eigenvalue weighted by atomic mass is 19.4.